The van der Waals surface area contributed by atoms with E-state index in [9.17, 15) is 4.79 Å². The van der Waals surface area contributed by atoms with Gasteiger partial charge in [-0.25, -0.2) is 4.79 Å². The van der Waals surface area contributed by atoms with E-state index >= 15 is 0 Å². The normalized spacial score (nSPS) is 11.9. The first-order chi connectivity index (χ1) is 7.19. The van der Waals surface area contributed by atoms with Crippen molar-refractivity contribution in [3.05, 3.63) is 27.8 Å². The van der Waals surface area contributed by atoms with Crippen molar-refractivity contribution in [1.82, 2.24) is 0 Å². The summed E-state index contributed by atoms with van der Waals surface area (Å²) in [5.41, 5.74) is 0.968. The van der Waals surface area contributed by atoms with Crippen molar-refractivity contribution in [2.24, 2.45) is 0 Å². The van der Waals surface area contributed by atoms with Crippen molar-refractivity contribution in [1.29, 1.82) is 0 Å². The molecule has 4 heteroatoms. The topological polar surface area (TPSA) is 38.3 Å². The molecule has 15 heavy (non-hydrogen) atoms. The van der Waals surface area contributed by atoms with E-state index in [0.717, 1.165) is 9.26 Å². The van der Waals surface area contributed by atoms with E-state index in [2.05, 4.69) is 27.9 Å². The number of nitrogens with one attached hydrogen (secondary N) is 1. The van der Waals surface area contributed by atoms with Gasteiger partial charge in [-0.05, 0) is 41.1 Å². The van der Waals surface area contributed by atoms with Crippen molar-refractivity contribution >= 4 is 34.2 Å². The number of halogens is 1. The second-order valence-corrected chi connectivity index (χ2v) is 4.27. The Morgan fingerprint density at radius 1 is 1.53 bits per heavy atom. The van der Waals surface area contributed by atoms with Gasteiger partial charge in [0.2, 0.25) is 0 Å². The lowest BCUT2D eigenvalue weighted by atomic mass is 10.2. The van der Waals surface area contributed by atoms with Gasteiger partial charge >= 0.3 is 5.97 Å². The fraction of sp³-hybridized carbons (Fsp3) is 0.364. The Bertz CT molecular complexity index is 341. The molecule has 1 atom stereocenters. The number of para-hydroxylation sites is 1. The maximum Gasteiger partial charge on any atom is 0.328 e. The van der Waals surface area contributed by atoms with Gasteiger partial charge in [0.05, 0.1) is 7.11 Å². The number of anilines is 1. The minimum atomic E-state index is -0.272. The molecule has 0 saturated heterocycles. The lowest BCUT2D eigenvalue weighted by Crippen LogP contribution is -2.30. The van der Waals surface area contributed by atoms with E-state index in [0.29, 0.717) is 6.42 Å². The molecule has 0 saturated carbocycles. The van der Waals surface area contributed by atoms with Crippen LogP contribution >= 0.6 is 22.6 Å². The van der Waals surface area contributed by atoms with Crippen LogP contribution in [0.2, 0.25) is 0 Å². The molecule has 0 aliphatic rings. The standard InChI is InChI=1S/C11H14INO2/c1-3-9(11(14)15-2)13-10-7-5-4-6-8(10)12/h4-7,9,13H,3H2,1-2H3. The highest BCUT2D eigenvalue weighted by Crippen LogP contribution is 2.18. The molecule has 1 aromatic rings. The zero-order valence-corrected chi connectivity index (χ0v) is 10.9. The summed E-state index contributed by atoms with van der Waals surface area (Å²) < 4.78 is 5.81. The minimum Gasteiger partial charge on any atom is -0.467 e. The number of hydrogen-bond donors (Lipinski definition) is 1. The number of hydrogen-bond acceptors (Lipinski definition) is 3. The number of esters is 1. The van der Waals surface area contributed by atoms with E-state index in [4.69, 9.17) is 4.74 Å². The van der Waals surface area contributed by atoms with E-state index in [1.54, 1.807) is 0 Å². The van der Waals surface area contributed by atoms with Gasteiger partial charge in [-0.2, -0.15) is 0 Å². The molecular weight excluding hydrogens is 305 g/mol. The van der Waals surface area contributed by atoms with Crippen LogP contribution in [0.4, 0.5) is 5.69 Å². The molecule has 0 spiro atoms. The third kappa shape index (κ3) is 3.37. The van der Waals surface area contributed by atoms with Crippen LogP contribution < -0.4 is 5.32 Å². The average molecular weight is 319 g/mol. The van der Waals surface area contributed by atoms with Crippen molar-refractivity contribution in [2.45, 2.75) is 19.4 Å². The number of rotatable bonds is 4. The van der Waals surface area contributed by atoms with Crippen LogP contribution in [0, 0.1) is 3.57 Å². The highest BCUT2D eigenvalue weighted by Gasteiger charge is 2.16. The lowest BCUT2D eigenvalue weighted by Gasteiger charge is -2.16. The van der Waals surface area contributed by atoms with Crippen LogP contribution in [0.15, 0.2) is 24.3 Å². The van der Waals surface area contributed by atoms with E-state index in [1.165, 1.54) is 7.11 Å². The molecule has 0 fully saturated rings. The maximum absolute atomic E-state index is 11.4. The Morgan fingerprint density at radius 2 is 2.20 bits per heavy atom. The number of carbonyl (C=O) groups excluding carboxylic acids is 1. The smallest absolute Gasteiger partial charge is 0.328 e. The molecule has 3 nitrogen and oxygen atoms in total. The monoisotopic (exact) mass is 319 g/mol. The van der Waals surface area contributed by atoms with Crippen LogP contribution in [0.25, 0.3) is 0 Å². The summed E-state index contributed by atoms with van der Waals surface area (Å²) in [5, 5.41) is 3.17. The molecule has 1 rings (SSSR count). The number of benzene rings is 1. The van der Waals surface area contributed by atoms with E-state index in [-0.39, 0.29) is 12.0 Å². The average Bonchev–Trinajstić information content (AvgIpc) is 2.27. The van der Waals surface area contributed by atoms with Gasteiger partial charge in [0.15, 0.2) is 0 Å². The van der Waals surface area contributed by atoms with Crippen molar-refractivity contribution in [3.63, 3.8) is 0 Å². The SMILES string of the molecule is CCC(Nc1ccccc1I)C(=O)OC. The Morgan fingerprint density at radius 3 is 2.73 bits per heavy atom. The third-order valence-electron chi connectivity index (χ3n) is 2.10. The molecule has 0 aliphatic carbocycles. The lowest BCUT2D eigenvalue weighted by molar-refractivity contribution is -0.141. The van der Waals surface area contributed by atoms with Gasteiger partial charge in [-0.15, -0.1) is 0 Å². The Kier molecular flexibility index (Phi) is 4.87. The molecule has 0 radical (unpaired) electrons. The second-order valence-electron chi connectivity index (χ2n) is 3.11. The Balaban J connectivity index is 2.75. The number of ether oxygens (including phenoxy) is 1. The van der Waals surface area contributed by atoms with Gasteiger partial charge < -0.3 is 10.1 Å². The van der Waals surface area contributed by atoms with Crippen LogP contribution in [-0.4, -0.2) is 19.1 Å². The summed E-state index contributed by atoms with van der Waals surface area (Å²) in [6.07, 6.45) is 0.706. The first-order valence-corrected chi connectivity index (χ1v) is 5.85. The molecule has 0 amide bonds. The van der Waals surface area contributed by atoms with Crippen molar-refractivity contribution in [3.8, 4) is 0 Å². The molecule has 1 aromatic carbocycles. The zero-order valence-electron chi connectivity index (χ0n) is 8.79. The predicted molar refractivity (Wildman–Crippen MR) is 68.9 cm³/mol. The third-order valence-corrected chi connectivity index (χ3v) is 3.04. The van der Waals surface area contributed by atoms with Crippen molar-refractivity contribution in [2.75, 3.05) is 12.4 Å². The van der Waals surface area contributed by atoms with E-state index in [1.807, 2.05) is 31.2 Å². The fourth-order valence-corrected chi connectivity index (χ4v) is 1.78. The first-order valence-electron chi connectivity index (χ1n) is 4.78. The summed E-state index contributed by atoms with van der Waals surface area (Å²) in [4.78, 5) is 11.4. The largest absolute Gasteiger partial charge is 0.467 e. The van der Waals surface area contributed by atoms with Gasteiger partial charge in [-0.1, -0.05) is 19.1 Å². The summed E-state index contributed by atoms with van der Waals surface area (Å²) >= 11 is 2.23. The zero-order chi connectivity index (χ0) is 11.3. The van der Waals surface area contributed by atoms with Crippen LogP contribution in [-0.2, 0) is 9.53 Å². The molecule has 82 valence electrons. The quantitative estimate of drug-likeness (QED) is 0.685. The van der Waals surface area contributed by atoms with Crippen LogP contribution in [0.3, 0.4) is 0 Å². The van der Waals surface area contributed by atoms with Crippen molar-refractivity contribution < 1.29 is 9.53 Å². The summed E-state index contributed by atoms with van der Waals surface area (Å²) in [6, 6.07) is 7.58. The minimum absolute atomic E-state index is 0.225. The van der Waals surface area contributed by atoms with Crippen LogP contribution in [0.5, 0.6) is 0 Å². The molecule has 0 heterocycles. The fourth-order valence-electron chi connectivity index (χ4n) is 1.24. The molecular formula is C11H14INO2. The number of methoxy groups -OCH3 is 1. The molecule has 1 N–H and O–H groups in total. The van der Waals surface area contributed by atoms with Gasteiger partial charge in [0.25, 0.3) is 0 Å². The highest BCUT2D eigenvalue weighted by molar-refractivity contribution is 14.1. The predicted octanol–water partition coefficient (Wildman–Crippen LogP) is 2.65. The highest BCUT2D eigenvalue weighted by atomic mass is 127. The Hall–Kier alpha value is -0.780. The molecule has 0 aromatic heterocycles. The van der Waals surface area contributed by atoms with E-state index < -0.39 is 0 Å². The summed E-state index contributed by atoms with van der Waals surface area (Å²) in [5.74, 6) is -0.225. The second kappa shape index (κ2) is 5.95. The van der Waals surface area contributed by atoms with Gasteiger partial charge in [0.1, 0.15) is 6.04 Å². The van der Waals surface area contributed by atoms with Gasteiger partial charge in [-0.3, -0.25) is 0 Å². The summed E-state index contributed by atoms with van der Waals surface area (Å²) in [6.45, 7) is 1.95. The maximum atomic E-state index is 11.4. The molecule has 1 unspecified atom stereocenters. The molecule has 0 bridgehead atoms. The molecule has 0 aliphatic heterocycles. The van der Waals surface area contributed by atoms with Crippen LogP contribution in [0.1, 0.15) is 13.3 Å². The van der Waals surface area contributed by atoms with Gasteiger partial charge in [0, 0.05) is 9.26 Å². The summed E-state index contributed by atoms with van der Waals surface area (Å²) in [7, 11) is 1.41. The number of carbonyl (C=O) groups is 1. The first kappa shape index (κ1) is 12.3. The Labute approximate surface area is 103 Å².